The minimum Gasteiger partial charge on any atom is -0.392 e. The van der Waals surface area contributed by atoms with Crippen molar-refractivity contribution in [2.75, 3.05) is 26.2 Å². The number of nitrogens with one attached hydrogen (secondary N) is 1. The molecule has 1 aromatic carbocycles. The zero-order valence-electron chi connectivity index (χ0n) is 15.8. The van der Waals surface area contributed by atoms with Crippen LogP contribution < -0.4 is 5.32 Å². The number of hydrogen-bond donors (Lipinski definition) is 2. The zero-order chi connectivity index (χ0) is 18.4. The largest absolute Gasteiger partial charge is 0.392 e. The molecule has 0 saturated carbocycles. The van der Waals surface area contributed by atoms with Crippen molar-refractivity contribution in [3.05, 3.63) is 53.3 Å². The van der Waals surface area contributed by atoms with Gasteiger partial charge in [-0.1, -0.05) is 24.3 Å². The summed E-state index contributed by atoms with van der Waals surface area (Å²) in [7, 11) is 1.91. The first-order valence-electron chi connectivity index (χ1n) is 9.02. The van der Waals surface area contributed by atoms with Gasteiger partial charge in [0.2, 0.25) is 0 Å². The van der Waals surface area contributed by atoms with Crippen LogP contribution >= 0.6 is 24.0 Å². The highest BCUT2D eigenvalue weighted by molar-refractivity contribution is 14.0. The number of guanidine groups is 1. The SMILES string of the molecule is CCNC(=NCc1ccccc1CO)N1CCOC(c2cnn(C)c2)C1.I. The molecule has 0 spiro atoms. The molecule has 0 aliphatic carbocycles. The van der Waals surface area contributed by atoms with E-state index < -0.39 is 0 Å². The summed E-state index contributed by atoms with van der Waals surface area (Å²) in [6.07, 6.45) is 3.84. The summed E-state index contributed by atoms with van der Waals surface area (Å²) in [4.78, 5) is 7.02. The number of halogens is 1. The Labute approximate surface area is 177 Å². The first-order valence-corrected chi connectivity index (χ1v) is 9.02. The van der Waals surface area contributed by atoms with Crippen LogP contribution in [0.4, 0.5) is 0 Å². The number of aliphatic imine (C=N–C) groups is 1. The lowest BCUT2D eigenvalue weighted by Crippen LogP contribution is -2.48. The van der Waals surface area contributed by atoms with Crippen molar-refractivity contribution in [3.63, 3.8) is 0 Å². The van der Waals surface area contributed by atoms with Gasteiger partial charge >= 0.3 is 0 Å². The summed E-state index contributed by atoms with van der Waals surface area (Å²) >= 11 is 0. The molecular weight excluding hydrogens is 457 g/mol. The van der Waals surface area contributed by atoms with Gasteiger partial charge in [0.15, 0.2) is 5.96 Å². The summed E-state index contributed by atoms with van der Waals surface area (Å²) in [6.45, 7) is 5.61. The monoisotopic (exact) mass is 485 g/mol. The molecule has 1 aliphatic rings. The molecular formula is C19H28IN5O2. The van der Waals surface area contributed by atoms with Crippen LogP contribution in [-0.2, 0) is 24.9 Å². The molecule has 1 atom stereocenters. The van der Waals surface area contributed by atoms with Crippen molar-refractivity contribution in [3.8, 4) is 0 Å². The van der Waals surface area contributed by atoms with Gasteiger partial charge < -0.3 is 20.1 Å². The van der Waals surface area contributed by atoms with Crippen LogP contribution in [0.25, 0.3) is 0 Å². The van der Waals surface area contributed by atoms with E-state index >= 15 is 0 Å². The number of aliphatic hydroxyl groups excluding tert-OH is 1. The van der Waals surface area contributed by atoms with Crippen LogP contribution in [0.1, 0.15) is 29.7 Å². The van der Waals surface area contributed by atoms with E-state index in [1.54, 1.807) is 4.68 Å². The first kappa shape index (κ1) is 21.6. The number of morpholine rings is 1. The van der Waals surface area contributed by atoms with E-state index in [9.17, 15) is 5.11 Å². The number of aryl methyl sites for hydroxylation is 1. The van der Waals surface area contributed by atoms with E-state index in [4.69, 9.17) is 9.73 Å². The van der Waals surface area contributed by atoms with Crippen LogP contribution in [0.2, 0.25) is 0 Å². The van der Waals surface area contributed by atoms with E-state index in [0.717, 1.165) is 42.3 Å². The van der Waals surface area contributed by atoms with Gasteiger partial charge in [0.25, 0.3) is 0 Å². The highest BCUT2D eigenvalue weighted by Crippen LogP contribution is 2.21. The quantitative estimate of drug-likeness (QED) is 0.386. The van der Waals surface area contributed by atoms with Crippen LogP contribution in [-0.4, -0.2) is 52.0 Å². The molecule has 2 heterocycles. The smallest absolute Gasteiger partial charge is 0.194 e. The minimum atomic E-state index is -0.00830. The van der Waals surface area contributed by atoms with Gasteiger partial charge in [0.05, 0.1) is 32.5 Å². The van der Waals surface area contributed by atoms with E-state index in [0.29, 0.717) is 13.2 Å². The van der Waals surface area contributed by atoms with Crippen LogP contribution in [0.5, 0.6) is 0 Å². The predicted molar refractivity (Wildman–Crippen MR) is 116 cm³/mol. The van der Waals surface area contributed by atoms with Gasteiger partial charge in [0, 0.05) is 31.9 Å². The number of nitrogens with zero attached hydrogens (tertiary/aromatic N) is 4. The molecule has 27 heavy (non-hydrogen) atoms. The van der Waals surface area contributed by atoms with E-state index in [2.05, 4.69) is 22.2 Å². The number of benzene rings is 1. The Balaban J connectivity index is 0.00000261. The van der Waals surface area contributed by atoms with E-state index in [1.807, 2.05) is 43.7 Å². The summed E-state index contributed by atoms with van der Waals surface area (Å²) in [5, 5.41) is 17.1. The van der Waals surface area contributed by atoms with Gasteiger partial charge in [-0.25, -0.2) is 4.99 Å². The van der Waals surface area contributed by atoms with E-state index in [-0.39, 0.29) is 36.7 Å². The van der Waals surface area contributed by atoms with Gasteiger partial charge in [-0.3, -0.25) is 4.68 Å². The fourth-order valence-corrected chi connectivity index (χ4v) is 3.10. The Hall–Kier alpha value is -1.65. The second kappa shape index (κ2) is 10.6. The lowest BCUT2D eigenvalue weighted by Gasteiger charge is -2.34. The van der Waals surface area contributed by atoms with Crippen LogP contribution in [0, 0.1) is 0 Å². The second-order valence-electron chi connectivity index (χ2n) is 6.35. The highest BCUT2D eigenvalue weighted by Gasteiger charge is 2.25. The Bertz CT molecular complexity index is 749. The number of aliphatic hydroxyl groups is 1. The maximum Gasteiger partial charge on any atom is 0.194 e. The zero-order valence-corrected chi connectivity index (χ0v) is 18.2. The van der Waals surface area contributed by atoms with Crippen molar-refractivity contribution >= 4 is 29.9 Å². The highest BCUT2D eigenvalue weighted by atomic mass is 127. The average Bonchev–Trinajstić information content (AvgIpc) is 3.12. The Morgan fingerprint density at radius 3 is 2.81 bits per heavy atom. The number of hydrogen-bond acceptors (Lipinski definition) is 4. The molecule has 1 saturated heterocycles. The second-order valence-corrected chi connectivity index (χ2v) is 6.35. The number of ether oxygens (including phenoxy) is 1. The van der Waals surface area contributed by atoms with Gasteiger partial charge in [-0.05, 0) is 18.1 Å². The molecule has 0 bridgehead atoms. The van der Waals surface area contributed by atoms with Gasteiger partial charge in [-0.15, -0.1) is 24.0 Å². The van der Waals surface area contributed by atoms with Crippen molar-refractivity contribution in [1.82, 2.24) is 20.0 Å². The molecule has 2 aromatic rings. The maximum atomic E-state index is 9.50. The van der Waals surface area contributed by atoms with Crippen molar-refractivity contribution < 1.29 is 9.84 Å². The maximum absolute atomic E-state index is 9.50. The molecule has 2 N–H and O–H groups in total. The van der Waals surface area contributed by atoms with Crippen LogP contribution in [0.15, 0.2) is 41.7 Å². The Kier molecular flexibility index (Phi) is 8.52. The summed E-state index contributed by atoms with van der Waals surface area (Å²) in [5.74, 6) is 0.873. The van der Waals surface area contributed by atoms with Crippen molar-refractivity contribution in [2.24, 2.45) is 12.0 Å². The molecule has 1 unspecified atom stereocenters. The minimum absolute atomic E-state index is 0. The normalized spacial score (nSPS) is 17.5. The van der Waals surface area contributed by atoms with Gasteiger partial charge in [0.1, 0.15) is 6.10 Å². The Morgan fingerprint density at radius 1 is 1.37 bits per heavy atom. The number of aromatic nitrogens is 2. The molecule has 3 rings (SSSR count). The predicted octanol–water partition coefficient (Wildman–Crippen LogP) is 2.07. The standard InChI is InChI=1S/C19H27N5O2.HI/c1-3-20-19(21-10-15-6-4-5-7-16(15)14-25)24-8-9-26-18(13-24)17-11-22-23(2)12-17;/h4-7,11-12,18,25H,3,8-10,13-14H2,1-2H3,(H,20,21);1H. The third kappa shape index (κ3) is 5.66. The Morgan fingerprint density at radius 2 is 2.15 bits per heavy atom. The summed E-state index contributed by atoms with van der Waals surface area (Å²) in [6, 6.07) is 7.86. The molecule has 0 amide bonds. The molecule has 0 radical (unpaired) electrons. The van der Waals surface area contributed by atoms with Gasteiger partial charge in [-0.2, -0.15) is 5.10 Å². The van der Waals surface area contributed by atoms with Crippen LogP contribution in [0.3, 0.4) is 0 Å². The fourth-order valence-electron chi connectivity index (χ4n) is 3.10. The molecule has 148 valence electrons. The number of rotatable bonds is 5. The molecule has 1 fully saturated rings. The first-order chi connectivity index (χ1) is 12.7. The third-order valence-corrected chi connectivity index (χ3v) is 4.49. The topological polar surface area (TPSA) is 74.9 Å². The molecule has 1 aromatic heterocycles. The summed E-state index contributed by atoms with van der Waals surface area (Å²) in [5.41, 5.74) is 3.04. The summed E-state index contributed by atoms with van der Waals surface area (Å²) < 4.78 is 7.72. The van der Waals surface area contributed by atoms with Crippen molar-refractivity contribution in [1.29, 1.82) is 0 Å². The third-order valence-electron chi connectivity index (χ3n) is 4.49. The molecule has 1 aliphatic heterocycles. The lowest BCUT2D eigenvalue weighted by molar-refractivity contribution is -0.00805. The lowest BCUT2D eigenvalue weighted by atomic mass is 10.1. The van der Waals surface area contributed by atoms with E-state index in [1.165, 1.54) is 0 Å². The molecule has 8 heteroatoms. The molecule has 7 nitrogen and oxygen atoms in total. The fraction of sp³-hybridized carbons (Fsp3) is 0.474. The average molecular weight is 485 g/mol. The van der Waals surface area contributed by atoms with Crippen molar-refractivity contribution in [2.45, 2.75) is 26.2 Å².